The van der Waals surface area contributed by atoms with Crippen molar-refractivity contribution in [2.24, 2.45) is 0 Å². The van der Waals surface area contributed by atoms with Gasteiger partial charge in [0.1, 0.15) is 0 Å². The zero-order chi connectivity index (χ0) is 12.7. The van der Waals surface area contributed by atoms with Crippen LogP contribution in [0.2, 0.25) is 0 Å². The van der Waals surface area contributed by atoms with Gasteiger partial charge < -0.3 is 5.32 Å². The Bertz CT molecular complexity index is 336. The van der Waals surface area contributed by atoms with E-state index in [0.717, 1.165) is 13.0 Å². The maximum atomic E-state index is 3.60. The van der Waals surface area contributed by atoms with Crippen LogP contribution < -0.4 is 5.32 Å². The van der Waals surface area contributed by atoms with E-state index in [-0.39, 0.29) is 0 Å². The predicted molar refractivity (Wildman–Crippen MR) is 80.1 cm³/mol. The molecule has 0 saturated carbocycles. The molecule has 1 rings (SSSR count). The van der Waals surface area contributed by atoms with Crippen molar-refractivity contribution in [3.63, 3.8) is 0 Å². The van der Waals surface area contributed by atoms with Gasteiger partial charge in [-0.25, -0.2) is 0 Å². The summed E-state index contributed by atoms with van der Waals surface area (Å²) in [6.45, 7) is 7.64. The molecule has 0 aromatic heterocycles. The average molecular weight is 251 g/mol. The Kier molecular flexibility index (Phi) is 6.68. The fourth-order valence-corrected chi connectivity index (χ4v) is 2.63. The standard InChI is InChI=1S/C15H25NS/c1-5-16-15(8-9-17-4)11-14-10-12(2)6-7-13(14)3/h6-7,10,15-16H,5,8-9,11H2,1-4H3. The number of hydrogen-bond donors (Lipinski definition) is 1. The summed E-state index contributed by atoms with van der Waals surface area (Å²) in [6.07, 6.45) is 4.59. The van der Waals surface area contributed by atoms with Crippen molar-refractivity contribution in [3.05, 3.63) is 34.9 Å². The molecular formula is C15H25NS. The third-order valence-electron chi connectivity index (χ3n) is 3.13. The molecule has 1 N–H and O–H groups in total. The molecule has 2 heteroatoms. The summed E-state index contributed by atoms with van der Waals surface area (Å²) in [4.78, 5) is 0. The molecule has 1 nitrogen and oxygen atoms in total. The van der Waals surface area contributed by atoms with Gasteiger partial charge in [0, 0.05) is 6.04 Å². The Morgan fingerprint density at radius 1 is 1.29 bits per heavy atom. The number of aryl methyl sites for hydroxylation is 2. The first-order chi connectivity index (χ1) is 8.17. The maximum absolute atomic E-state index is 3.60. The highest BCUT2D eigenvalue weighted by Gasteiger charge is 2.09. The molecule has 1 unspecified atom stereocenters. The molecule has 0 spiro atoms. The molecule has 0 amide bonds. The highest BCUT2D eigenvalue weighted by atomic mass is 32.2. The zero-order valence-corrected chi connectivity index (χ0v) is 12.4. The molecule has 0 bridgehead atoms. The summed E-state index contributed by atoms with van der Waals surface area (Å²) in [5.74, 6) is 1.24. The van der Waals surface area contributed by atoms with Gasteiger partial charge >= 0.3 is 0 Å². The summed E-state index contributed by atoms with van der Waals surface area (Å²) in [5, 5.41) is 3.60. The minimum atomic E-state index is 0.618. The number of rotatable bonds is 7. The lowest BCUT2D eigenvalue weighted by Gasteiger charge is -2.19. The lowest BCUT2D eigenvalue weighted by atomic mass is 9.98. The van der Waals surface area contributed by atoms with E-state index in [1.54, 1.807) is 0 Å². The van der Waals surface area contributed by atoms with Crippen LogP contribution in [0, 0.1) is 13.8 Å². The molecule has 0 radical (unpaired) electrons. The fraction of sp³-hybridized carbons (Fsp3) is 0.600. The fourth-order valence-electron chi connectivity index (χ4n) is 2.11. The number of thioether (sulfide) groups is 1. The van der Waals surface area contributed by atoms with Crippen molar-refractivity contribution in [1.29, 1.82) is 0 Å². The molecule has 1 aromatic rings. The van der Waals surface area contributed by atoms with Crippen molar-refractivity contribution in [1.82, 2.24) is 5.32 Å². The average Bonchev–Trinajstić information content (AvgIpc) is 2.31. The molecule has 0 aliphatic carbocycles. The Balaban J connectivity index is 2.67. The predicted octanol–water partition coefficient (Wildman–Crippen LogP) is 3.58. The summed E-state index contributed by atoms with van der Waals surface area (Å²) >= 11 is 1.93. The van der Waals surface area contributed by atoms with Crippen LogP contribution in [0.5, 0.6) is 0 Å². The number of hydrogen-bond acceptors (Lipinski definition) is 2. The van der Waals surface area contributed by atoms with Gasteiger partial charge in [0.2, 0.25) is 0 Å². The molecular weight excluding hydrogens is 226 g/mol. The van der Waals surface area contributed by atoms with E-state index in [4.69, 9.17) is 0 Å². The summed E-state index contributed by atoms with van der Waals surface area (Å²) < 4.78 is 0. The minimum absolute atomic E-state index is 0.618. The van der Waals surface area contributed by atoms with Gasteiger partial charge in [-0.2, -0.15) is 11.8 Å². The molecule has 1 aromatic carbocycles. The second kappa shape index (κ2) is 7.78. The van der Waals surface area contributed by atoms with E-state index >= 15 is 0 Å². The van der Waals surface area contributed by atoms with E-state index in [0.29, 0.717) is 6.04 Å². The van der Waals surface area contributed by atoms with Gasteiger partial charge in [-0.15, -0.1) is 0 Å². The van der Waals surface area contributed by atoms with Crippen LogP contribution in [0.4, 0.5) is 0 Å². The second-order valence-corrected chi connectivity index (χ2v) is 5.66. The summed E-state index contributed by atoms with van der Waals surface area (Å²) in [5.41, 5.74) is 4.28. The van der Waals surface area contributed by atoms with Gasteiger partial charge in [0.25, 0.3) is 0 Å². The number of nitrogens with one attached hydrogen (secondary N) is 1. The maximum Gasteiger partial charge on any atom is 0.0115 e. The van der Waals surface area contributed by atoms with E-state index in [9.17, 15) is 0 Å². The first-order valence-corrected chi connectivity index (χ1v) is 7.85. The largest absolute Gasteiger partial charge is 0.314 e. The molecule has 17 heavy (non-hydrogen) atoms. The third kappa shape index (κ3) is 5.13. The van der Waals surface area contributed by atoms with Crippen LogP contribution in [0.1, 0.15) is 30.0 Å². The van der Waals surface area contributed by atoms with Gasteiger partial charge in [-0.3, -0.25) is 0 Å². The van der Waals surface area contributed by atoms with Crippen molar-refractivity contribution in [3.8, 4) is 0 Å². The normalized spacial score (nSPS) is 12.7. The van der Waals surface area contributed by atoms with E-state index in [1.165, 1.54) is 28.9 Å². The third-order valence-corrected chi connectivity index (χ3v) is 3.78. The monoisotopic (exact) mass is 251 g/mol. The smallest absolute Gasteiger partial charge is 0.0115 e. The first-order valence-electron chi connectivity index (χ1n) is 6.45. The first kappa shape index (κ1) is 14.6. The SMILES string of the molecule is CCNC(CCSC)Cc1cc(C)ccc1C. The van der Waals surface area contributed by atoms with Gasteiger partial charge in [0.05, 0.1) is 0 Å². The van der Waals surface area contributed by atoms with Crippen LogP contribution in [0.25, 0.3) is 0 Å². The van der Waals surface area contributed by atoms with Crippen LogP contribution in [0.15, 0.2) is 18.2 Å². The quantitative estimate of drug-likeness (QED) is 0.795. The minimum Gasteiger partial charge on any atom is -0.314 e. The van der Waals surface area contributed by atoms with Crippen LogP contribution >= 0.6 is 11.8 Å². The Morgan fingerprint density at radius 2 is 2.06 bits per heavy atom. The molecule has 0 heterocycles. The van der Waals surface area contributed by atoms with Gasteiger partial charge in [-0.1, -0.05) is 30.7 Å². The van der Waals surface area contributed by atoms with E-state index in [2.05, 4.69) is 50.5 Å². The van der Waals surface area contributed by atoms with Crippen LogP contribution in [-0.2, 0) is 6.42 Å². The van der Waals surface area contributed by atoms with Crippen molar-refractivity contribution in [2.75, 3.05) is 18.6 Å². The van der Waals surface area contributed by atoms with E-state index in [1.807, 2.05) is 11.8 Å². The summed E-state index contributed by atoms with van der Waals surface area (Å²) in [6, 6.07) is 7.39. The summed E-state index contributed by atoms with van der Waals surface area (Å²) in [7, 11) is 0. The molecule has 0 aliphatic rings. The molecule has 96 valence electrons. The molecule has 1 atom stereocenters. The zero-order valence-electron chi connectivity index (χ0n) is 11.5. The van der Waals surface area contributed by atoms with Crippen molar-refractivity contribution < 1.29 is 0 Å². The topological polar surface area (TPSA) is 12.0 Å². The Labute approximate surface area is 110 Å². The van der Waals surface area contributed by atoms with Crippen molar-refractivity contribution >= 4 is 11.8 Å². The lowest BCUT2D eigenvalue weighted by Crippen LogP contribution is -2.31. The van der Waals surface area contributed by atoms with Crippen LogP contribution in [-0.4, -0.2) is 24.6 Å². The van der Waals surface area contributed by atoms with Gasteiger partial charge in [-0.05, 0) is 56.4 Å². The number of benzene rings is 1. The molecule has 0 fully saturated rings. The van der Waals surface area contributed by atoms with E-state index < -0.39 is 0 Å². The Morgan fingerprint density at radius 3 is 2.71 bits per heavy atom. The highest BCUT2D eigenvalue weighted by Crippen LogP contribution is 2.15. The van der Waals surface area contributed by atoms with Gasteiger partial charge in [0.15, 0.2) is 0 Å². The molecule has 0 saturated heterocycles. The molecule has 0 aliphatic heterocycles. The Hall–Kier alpha value is -0.470. The van der Waals surface area contributed by atoms with Crippen LogP contribution in [0.3, 0.4) is 0 Å². The lowest BCUT2D eigenvalue weighted by molar-refractivity contribution is 0.512. The van der Waals surface area contributed by atoms with Crippen molar-refractivity contribution in [2.45, 2.75) is 39.7 Å². The number of likely N-dealkylation sites (N-methyl/N-ethyl adjacent to an activating group) is 1. The second-order valence-electron chi connectivity index (χ2n) is 4.67. The highest BCUT2D eigenvalue weighted by molar-refractivity contribution is 7.98.